The summed E-state index contributed by atoms with van der Waals surface area (Å²) in [6, 6.07) is 7.82. The van der Waals surface area contributed by atoms with Crippen LogP contribution in [0.25, 0.3) is 10.8 Å². The lowest BCUT2D eigenvalue weighted by Crippen LogP contribution is -1.92. The standard InChI is InChI=1S/C14H14O2/c1-9-4-5-10(2)14-12(9)6-11(8-15)7-13(14)16-3/h4-8H,1-3H3. The molecule has 0 aromatic heterocycles. The molecule has 2 aromatic rings. The van der Waals surface area contributed by atoms with Crippen LogP contribution in [0.1, 0.15) is 21.5 Å². The number of hydrogen-bond donors (Lipinski definition) is 0. The predicted octanol–water partition coefficient (Wildman–Crippen LogP) is 3.28. The van der Waals surface area contributed by atoms with Crippen molar-refractivity contribution in [1.82, 2.24) is 0 Å². The summed E-state index contributed by atoms with van der Waals surface area (Å²) in [5.74, 6) is 0.765. The molecule has 16 heavy (non-hydrogen) atoms. The van der Waals surface area contributed by atoms with Crippen LogP contribution in [0.4, 0.5) is 0 Å². The van der Waals surface area contributed by atoms with E-state index >= 15 is 0 Å². The molecule has 0 atom stereocenters. The highest BCUT2D eigenvalue weighted by atomic mass is 16.5. The summed E-state index contributed by atoms with van der Waals surface area (Å²) >= 11 is 0. The Labute approximate surface area is 94.8 Å². The van der Waals surface area contributed by atoms with Crippen LogP contribution in [0.3, 0.4) is 0 Å². The number of fused-ring (bicyclic) bond motifs is 1. The summed E-state index contributed by atoms with van der Waals surface area (Å²) in [5, 5.41) is 2.18. The van der Waals surface area contributed by atoms with Gasteiger partial charge in [0, 0.05) is 10.9 Å². The van der Waals surface area contributed by atoms with Crippen LogP contribution in [-0.2, 0) is 0 Å². The number of rotatable bonds is 2. The normalized spacial score (nSPS) is 10.4. The molecule has 2 aromatic carbocycles. The largest absolute Gasteiger partial charge is 0.496 e. The topological polar surface area (TPSA) is 26.3 Å². The van der Waals surface area contributed by atoms with Crippen molar-refractivity contribution in [1.29, 1.82) is 0 Å². The van der Waals surface area contributed by atoms with Crippen molar-refractivity contribution in [2.24, 2.45) is 0 Å². The van der Waals surface area contributed by atoms with E-state index in [4.69, 9.17) is 4.74 Å². The number of carbonyl (C=O) groups is 1. The minimum absolute atomic E-state index is 0.651. The van der Waals surface area contributed by atoms with Gasteiger partial charge in [0.05, 0.1) is 7.11 Å². The van der Waals surface area contributed by atoms with E-state index in [9.17, 15) is 4.79 Å². The van der Waals surface area contributed by atoms with Crippen molar-refractivity contribution in [2.45, 2.75) is 13.8 Å². The summed E-state index contributed by atoms with van der Waals surface area (Å²) in [5.41, 5.74) is 2.97. The highest BCUT2D eigenvalue weighted by molar-refractivity contribution is 5.97. The number of benzene rings is 2. The number of carbonyl (C=O) groups excluding carboxylic acids is 1. The molecule has 2 rings (SSSR count). The number of hydrogen-bond acceptors (Lipinski definition) is 2. The Morgan fingerprint density at radius 1 is 1.12 bits per heavy atom. The molecule has 0 bridgehead atoms. The van der Waals surface area contributed by atoms with E-state index in [1.807, 2.05) is 19.9 Å². The maximum absolute atomic E-state index is 10.9. The summed E-state index contributed by atoms with van der Waals surface area (Å²) in [4.78, 5) is 10.9. The molecule has 0 saturated carbocycles. The van der Waals surface area contributed by atoms with Gasteiger partial charge < -0.3 is 4.74 Å². The van der Waals surface area contributed by atoms with Gasteiger partial charge in [-0.1, -0.05) is 12.1 Å². The van der Waals surface area contributed by atoms with Crippen LogP contribution in [0.5, 0.6) is 5.75 Å². The maximum atomic E-state index is 10.9. The van der Waals surface area contributed by atoms with E-state index < -0.39 is 0 Å². The van der Waals surface area contributed by atoms with Crippen molar-refractivity contribution in [3.8, 4) is 5.75 Å². The second-order valence-electron chi connectivity index (χ2n) is 3.96. The lowest BCUT2D eigenvalue weighted by atomic mass is 9.98. The molecule has 0 amide bonds. The minimum Gasteiger partial charge on any atom is -0.496 e. The second kappa shape index (κ2) is 3.97. The fourth-order valence-corrected chi connectivity index (χ4v) is 2.01. The van der Waals surface area contributed by atoms with Crippen molar-refractivity contribution < 1.29 is 9.53 Å². The second-order valence-corrected chi connectivity index (χ2v) is 3.96. The molecule has 0 aliphatic heterocycles. The first-order valence-corrected chi connectivity index (χ1v) is 5.20. The summed E-state index contributed by atoms with van der Waals surface area (Å²) < 4.78 is 5.35. The van der Waals surface area contributed by atoms with Gasteiger partial charge in [0.15, 0.2) is 0 Å². The minimum atomic E-state index is 0.651. The van der Waals surface area contributed by atoms with Gasteiger partial charge in [0.1, 0.15) is 12.0 Å². The third kappa shape index (κ3) is 1.56. The van der Waals surface area contributed by atoms with Crippen LogP contribution in [0.15, 0.2) is 24.3 Å². The highest BCUT2D eigenvalue weighted by Crippen LogP contribution is 2.31. The van der Waals surface area contributed by atoms with Gasteiger partial charge in [0.2, 0.25) is 0 Å². The monoisotopic (exact) mass is 214 g/mol. The van der Waals surface area contributed by atoms with Gasteiger partial charge in [-0.2, -0.15) is 0 Å². The molecule has 0 unspecified atom stereocenters. The van der Waals surface area contributed by atoms with Crippen molar-refractivity contribution in [3.63, 3.8) is 0 Å². The van der Waals surface area contributed by atoms with Crippen molar-refractivity contribution >= 4 is 17.1 Å². The molecule has 0 heterocycles. The molecule has 0 aliphatic carbocycles. The van der Waals surface area contributed by atoms with Crippen LogP contribution < -0.4 is 4.74 Å². The van der Waals surface area contributed by atoms with E-state index in [2.05, 4.69) is 12.1 Å². The van der Waals surface area contributed by atoms with E-state index in [1.165, 1.54) is 0 Å². The number of aryl methyl sites for hydroxylation is 2. The number of methoxy groups -OCH3 is 1. The fourth-order valence-electron chi connectivity index (χ4n) is 2.01. The Hall–Kier alpha value is -1.83. The van der Waals surface area contributed by atoms with Gasteiger partial charge in [0.25, 0.3) is 0 Å². The molecular weight excluding hydrogens is 200 g/mol. The highest BCUT2D eigenvalue weighted by Gasteiger charge is 2.08. The molecule has 2 nitrogen and oxygen atoms in total. The predicted molar refractivity (Wildman–Crippen MR) is 65.4 cm³/mol. The molecule has 0 aliphatic rings. The zero-order chi connectivity index (χ0) is 11.7. The molecule has 0 saturated heterocycles. The fraction of sp³-hybridized carbons (Fsp3) is 0.214. The lowest BCUT2D eigenvalue weighted by molar-refractivity contribution is 0.112. The van der Waals surface area contributed by atoms with Crippen LogP contribution >= 0.6 is 0 Å². The SMILES string of the molecule is COc1cc(C=O)cc2c(C)ccc(C)c12. The third-order valence-electron chi connectivity index (χ3n) is 2.88. The van der Waals surface area contributed by atoms with Crippen LogP contribution in [0, 0.1) is 13.8 Å². The molecule has 82 valence electrons. The summed E-state index contributed by atoms with van der Waals surface area (Å²) in [6.45, 7) is 4.08. The lowest BCUT2D eigenvalue weighted by Gasteiger charge is -2.11. The molecule has 0 N–H and O–H groups in total. The summed E-state index contributed by atoms with van der Waals surface area (Å²) in [6.07, 6.45) is 0.851. The Morgan fingerprint density at radius 3 is 2.44 bits per heavy atom. The van der Waals surface area contributed by atoms with E-state index in [0.29, 0.717) is 5.56 Å². The van der Waals surface area contributed by atoms with Gasteiger partial charge in [-0.15, -0.1) is 0 Å². The average Bonchev–Trinajstić information content (AvgIpc) is 2.32. The Morgan fingerprint density at radius 2 is 1.81 bits per heavy atom. The smallest absolute Gasteiger partial charge is 0.150 e. The Bertz CT molecular complexity index is 556. The average molecular weight is 214 g/mol. The number of ether oxygens (including phenoxy) is 1. The summed E-state index contributed by atoms with van der Waals surface area (Å²) in [7, 11) is 1.63. The van der Waals surface area contributed by atoms with Gasteiger partial charge in [-0.25, -0.2) is 0 Å². The Balaban J connectivity index is 2.94. The Kier molecular flexibility index (Phi) is 2.65. The van der Waals surface area contributed by atoms with Crippen LogP contribution in [-0.4, -0.2) is 13.4 Å². The van der Waals surface area contributed by atoms with Crippen LogP contribution in [0.2, 0.25) is 0 Å². The van der Waals surface area contributed by atoms with E-state index in [0.717, 1.165) is 33.9 Å². The molecule has 0 fully saturated rings. The first-order chi connectivity index (χ1) is 7.67. The zero-order valence-corrected chi connectivity index (χ0v) is 9.70. The van der Waals surface area contributed by atoms with Crippen molar-refractivity contribution in [2.75, 3.05) is 7.11 Å². The maximum Gasteiger partial charge on any atom is 0.150 e. The van der Waals surface area contributed by atoms with Gasteiger partial charge >= 0.3 is 0 Å². The molecule has 2 heteroatoms. The zero-order valence-electron chi connectivity index (χ0n) is 9.70. The molecule has 0 spiro atoms. The van der Waals surface area contributed by atoms with Gasteiger partial charge in [-0.3, -0.25) is 4.79 Å². The molecular formula is C14H14O2. The quantitative estimate of drug-likeness (QED) is 0.717. The first-order valence-electron chi connectivity index (χ1n) is 5.20. The number of aldehydes is 1. The van der Waals surface area contributed by atoms with Gasteiger partial charge in [-0.05, 0) is 42.5 Å². The van der Waals surface area contributed by atoms with Crippen molar-refractivity contribution in [3.05, 3.63) is 41.0 Å². The first kappa shape index (κ1) is 10.7. The van der Waals surface area contributed by atoms with E-state index in [-0.39, 0.29) is 0 Å². The third-order valence-corrected chi connectivity index (χ3v) is 2.88. The molecule has 0 radical (unpaired) electrons. The van der Waals surface area contributed by atoms with E-state index in [1.54, 1.807) is 13.2 Å².